The van der Waals surface area contributed by atoms with Gasteiger partial charge < -0.3 is 0 Å². The second-order valence-electron chi connectivity index (χ2n) is 9.75. The predicted molar refractivity (Wildman–Crippen MR) is 180 cm³/mol. The van der Waals surface area contributed by atoms with E-state index >= 15 is 0 Å². The molecular weight excluding hydrogens is 601 g/mol. The van der Waals surface area contributed by atoms with Crippen LogP contribution < -0.4 is 0 Å². The van der Waals surface area contributed by atoms with Crippen molar-refractivity contribution in [2.24, 2.45) is 11.8 Å². The van der Waals surface area contributed by atoms with E-state index < -0.39 is 0 Å². The molecule has 1 saturated carbocycles. The van der Waals surface area contributed by atoms with Gasteiger partial charge in [0, 0.05) is 44.0 Å². The molecule has 6 atom stereocenters. The summed E-state index contributed by atoms with van der Waals surface area (Å²) in [5.41, 5.74) is 1.33. The Bertz CT molecular complexity index is 718. The van der Waals surface area contributed by atoms with E-state index in [1.807, 2.05) is 13.8 Å². The molecular formula is C26H40O2S8. The molecule has 6 unspecified atom stereocenters. The SMILES string of the molecule is C=C(C)C(=O)SCC1CSC(C(SC)C2CCC(C(SC)C3SCC(CSC(=O)C(=C)C)S3)CC2)S1. The van der Waals surface area contributed by atoms with Crippen LogP contribution in [0, 0.1) is 11.8 Å². The lowest BCUT2D eigenvalue weighted by atomic mass is 9.79. The van der Waals surface area contributed by atoms with Gasteiger partial charge in [0.2, 0.25) is 10.2 Å². The Kier molecular flexibility index (Phi) is 14.4. The van der Waals surface area contributed by atoms with Gasteiger partial charge in [-0.3, -0.25) is 9.59 Å². The Morgan fingerprint density at radius 1 is 0.750 bits per heavy atom. The lowest BCUT2D eigenvalue weighted by Crippen LogP contribution is -2.34. The molecule has 36 heavy (non-hydrogen) atoms. The van der Waals surface area contributed by atoms with Crippen LogP contribution in [0.3, 0.4) is 0 Å². The fraction of sp³-hybridized carbons (Fsp3) is 0.769. The van der Waals surface area contributed by atoms with Crippen LogP contribution in [0.1, 0.15) is 39.5 Å². The molecule has 0 aromatic rings. The van der Waals surface area contributed by atoms with Crippen molar-refractivity contribution in [3.8, 4) is 0 Å². The molecule has 204 valence electrons. The fourth-order valence-electron chi connectivity index (χ4n) is 4.90. The van der Waals surface area contributed by atoms with E-state index in [2.05, 4.69) is 96.2 Å². The van der Waals surface area contributed by atoms with Gasteiger partial charge in [-0.05, 0) is 75.0 Å². The minimum Gasteiger partial charge on any atom is -0.282 e. The van der Waals surface area contributed by atoms with Crippen molar-refractivity contribution < 1.29 is 9.59 Å². The van der Waals surface area contributed by atoms with Crippen LogP contribution in [0.25, 0.3) is 0 Å². The third kappa shape index (κ3) is 9.34. The highest BCUT2D eigenvalue weighted by Crippen LogP contribution is 2.52. The third-order valence-corrected chi connectivity index (χ3v) is 19.6. The molecule has 2 aliphatic heterocycles. The summed E-state index contributed by atoms with van der Waals surface area (Å²) in [5.74, 6) is 5.80. The second kappa shape index (κ2) is 16.2. The van der Waals surface area contributed by atoms with Gasteiger partial charge in [0.25, 0.3) is 0 Å². The number of hydrogen-bond donors (Lipinski definition) is 0. The van der Waals surface area contributed by atoms with Crippen molar-refractivity contribution in [2.75, 3.05) is 35.5 Å². The van der Waals surface area contributed by atoms with Crippen molar-refractivity contribution >= 4 is 104 Å². The smallest absolute Gasteiger partial charge is 0.214 e. The monoisotopic (exact) mass is 640 g/mol. The summed E-state index contributed by atoms with van der Waals surface area (Å²) in [5, 5.41) is 2.88. The summed E-state index contributed by atoms with van der Waals surface area (Å²) < 4.78 is 1.31. The molecule has 0 aromatic heterocycles. The normalized spacial score (nSPS) is 32.2. The van der Waals surface area contributed by atoms with Crippen LogP contribution in [-0.2, 0) is 9.59 Å². The van der Waals surface area contributed by atoms with Crippen molar-refractivity contribution in [1.82, 2.24) is 0 Å². The first-order chi connectivity index (χ1) is 17.2. The third-order valence-electron chi connectivity index (χ3n) is 6.87. The first-order valence-electron chi connectivity index (χ1n) is 12.5. The number of carbonyl (C=O) groups excluding carboxylic acids is 2. The minimum absolute atomic E-state index is 0.149. The van der Waals surface area contributed by atoms with E-state index in [9.17, 15) is 9.59 Å². The molecule has 2 nitrogen and oxygen atoms in total. The first kappa shape index (κ1) is 32.1. The van der Waals surface area contributed by atoms with E-state index in [0.717, 1.165) is 23.3 Å². The number of thioether (sulfide) groups is 8. The fourth-order valence-corrected chi connectivity index (χ4v) is 18.1. The highest BCUT2D eigenvalue weighted by molar-refractivity contribution is 8.23. The van der Waals surface area contributed by atoms with Gasteiger partial charge in [-0.15, -0.1) is 47.0 Å². The maximum atomic E-state index is 11.9. The number of carbonyl (C=O) groups is 2. The van der Waals surface area contributed by atoms with Crippen molar-refractivity contribution in [1.29, 1.82) is 0 Å². The Labute approximate surface area is 253 Å². The van der Waals surface area contributed by atoms with Crippen LogP contribution >= 0.6 is 94.1 Å². The molecule has 0 amide bonds. The average molecular weight is 641 g/mol. The lowest BCUT2D eigenvalue weighted by Gasteiger charge is -2.39. The molecule has 0 N–H and O–H groups in total. The zero-order valence-corrected chi connectivity index (χ0v) is 28.3. The zero-order valence-electron chi connectivity index (χ0n) is 21.8. The average Bonchev–Trinajstić information content (AvgIpc) is 3.53. The highest BCUT2D eigenvalue weighted by atomic mass is 32.2. The summed E-state index contributed by atoms with van der Waals surface area (Å²) in [6.45, 7) is 11.2. The Morgan fingerprint density at radius 3 is 1.42 bits per heavy atom. The van der Waals surface area contributed by atoms with Gasteiger partial charge in [0.15, 0.2) is 0 Å². The van der Waals surface area contributed by atoms with Gasteiger partial charge >= 0.3 is 0 Å². The van der Waals surface area contributed by atoms with E-state index in [1.54, 1.807) is 0 Å². The summed E-state index contributed by atoms with van der Waals surface area (Å²) >= 11 is 15.6. The molecule has 1 aliphatic carbocycles. The maximum absolute atomic E-state index is 11.9. The van der Waals surface area contributed by atoms with E-state index in [0.29, 0.717) is 41.3 Å². The molecule has 0 aromatic carbocycles. The van der Waals surface area contributed by atoms with Gasteiger partial charge in [-0.1, -0.05) is 36.7 Å². The zero-order chi connectivity index (χ0) is 26.2. The summed E-state index contributed by atoms with van der Waals surface area (Å²) in [4.78, 5) is 23.9. The predicted octanol–water partition coefficient (Wildman–Crippen LogP) is 8.28. The summed E-state index contributed by atoms with van der Waals surface area (Å²) in [7, 11) is 0. The quantitative estimate of drug-likeness (QED) is 0.194. The Balaban J connectivity index is 1.44. The number of hydrogen-bond acceptors (Lipinski definition) is 10. The van der Waals surface area contributed by atoms with Gasteiger partial charge in [-0.2, -0.15) is 23.5 Å². The van der Waals surface area contributed by atoms with Crippen LogP contribution in [0.15, 0.2) is 24.3 Å². The molecule has 3 aliphatic rings. The molecule has 3 rings (SSSR count). The molecule has 0 radical (unpaired) electrons. The molecule has 2 saturated heterocycles. The van der Waals surface area contributed by atoms with Crippen molar-refractivity contribution in [3.63, 3.8) is 0 Å². The van der Waals surface area contributed by atoms with Crippen LogP contribution in [-0.4, -0.2) is 75.9 Å². The molecule has 2 heterocycles. The standard InChI is InChI=1S/C26H40O2S8/c1-15(2)23(27)31-11-19-13-33-25(35-19)21(29-5)17-7-9-18(10-8-17)22(30-6)26-34-14-20(36-26)12-32-24(28)16(3)4/h17-22,25-26H,1,3,7-14H2,2,4-6H3. The summed E-state index contributed by atoms with van der Waals surface area (Å²) in [6.07, 6.45) is 10.0. The molecule has 0 spiro atoms. The second-order valence-corrected chi connectivity index (χ2v) is 19.6. The van der Waals surface area contributed by atoms with Gasteiger partial charge in [0.1, 0.15) is 0 Å². The maximum Gasteiger partial charge on any atom is 0.214 e. The minimum atomic E-state index is 0.149. The van der Waals surface area contributed by atoms with Gasteiger partial charge in [-0.25, -0.2) is 0 Å². The topological polar surface area (TPSA) is 34.1 Å². The first-order valence-corrected chi connectivity index (χ1v) is 21.0. The van der Waals surface area contributed by atoms with Crippen molar-refractivity contribution in [2.45, 2.75) is 69.7 Å². The number of rotatable bonds is 12. The van der Waals surface area contributed by atoms with E-state index in [4.69, 9.17) is 0 Å². The Hall–Kier alpha value is 1.62. The van der Waals surface area contributed by atoms with Crippen LogP contribution in [0.5, 0.6) is 0 Å². The highest BCUT2D eigenvalue weighted by Gasteiger charge is 2.41. The van der Waals surface area contributed by atoms with Crippen LogP contribution in [0.4, 0.5) is 0 Å². The molecule has 3 fully saturated rings. The van der Waals surface area contributed by atoms with Gasteiger partial charge in [0.05, 0.1) is 9.16 Å². The lowest BCUT2D eigenvalue weighted by molar-refractivity contribution is -0.108. The molecule has 10 heteroatoms. The van der Waals surface area contributed by atoms with Crippen LogP contribution in [0.2, 0.25) is 0 Å². The van der Waals surface area contributed by atoms with E-state index in [-0.39, 0.29) is 10.2 Å². The Morgan fingerprint density at radius 2 is 1.11 bits per heavy atom. The van der Waals surface area contributed by atoms with E-state index in [1.165, 1.54) is 60.7 Å². The molecule has 0 bridgehead atoms. The largest absolute Gasteiger partial charge is 0.282 e. The van der Waals surface area contributed by atoms with Crippen molar-refractivity contribution in [3.05, 3.63) is 24.3 Å². The summed E-state index contributed by atoms with van der Waals surface area (Å²) in [6, 6.07) is 0.